The number of nitrogens with one attached hydrogen (secondary N) is 1. The van der Waals surface area contributed by atoms with Crippen LogP contribution in [0.25, 0.3) is 0 Å². The van der Waals surface area contributed by atoms with Gasteiger partial charge in [-0.1, -0.05) is 40.5 Å². The summed E-state index contributed by atoms with van der Waals surface area (Å²) in [6.07, 6.45) is -6.50. The summed E-state index contributed by atoms with van der Waals surface area (Å²) in [7, 11) is 0. The second kappa shape index (κ2) is 9.91. The number of aryl methyl sites for hydroxylation is 1. The first-order valence-corrected chi connectivity index (χ1v) is 10.5. The van der Waals surface area contributed by atoms with Gasteiger partial charge in [0.15, 0.2) is 0 Å². The molecule has 1 unspecified atom stereocenters. The van der Waals surface area contributed by atoms with E-state index in [1.165, 1.54) is 30.3 Å². The number of nitriles is 1. The van der Waals surface area contributed by atoms with Crippen molar-refractivity contribution in [3.05, 3.63) is 68.7 Å². The van der Waals surface area contributed by atoms with Gasteiger partial charge in [0.1, 0.15) is 6.61 Å². The highest BCUT2D eigenvalue weighted by atomic mass is 35.5. The number of carbonyl (C=O) groups is 2. The number of carbonyl (C=O) groups excluding carboxylic acids is 2. The molecule has 1 aliphatic rings. The molecule has 0 spiro atoms. The molecule has 0 radical (unpaired) electrons. The number of alkyl halides is 3. The number of alkyl carbamates (subject to hydrolysis) is 1. The predicted octanol–water partition coefficient (Wildman–Crippen LogP) is 5.66. The minimum absolute atomic E-state index is 0.00867. The van der Waals surface area contributed by atoms with Crippen LogP contribution in [0.3, 0.4) is 0 Å². The Morgan fingerprint density at radius 1 is 1.24 bits per heavy atom. The lowest BCUT2D eigenvalue weighted by atomic mass is 9.86. The number of oxime groups is 1. The Bertz CT molecular complexity index is 1210. The molecule has 2 aromatic carbocycles. The molecule has 1 heterocycles. The zero-order chi connectivity index (χ0) is 25.1. The van der Waals surface area contributed by atoms with E-state index >= 15 is 0 Å². The quantitative estimate of drug-likeness (QED) is 0.519. The zero-order valence-corrected chi connectivity index (χ0v) is 19.0. The fourth-order valence-corrected chi connectivity index (χ4v) is 3.59. The van der Waals surface area contributed by atoms with Crippen LogP contribution in [0.2, 0.25) is 10.0 Å². The number of rotatable bonds is 5. The number of halogens is 5. The SMILES string of the molecule is Cc1cc(C2=NOC(c3ccc(Cl)c(Cl)c3)(C(F)(F)F)C2)ccc1C(=O)NC(=O)OCCC#N. The topological polar surface area (TPSA) is 101 Å². The van der Waals surface area contributed by atoms with E-state index in [-0.39, 0.29) is 39.9 Å². The number of imide groups is 1. The number of hydrogen-bond acceptors (Lipinski definition) is 6. The number of amides is 2. The molecule has 0 bridgehead atoms. The van der Waals surface area contributed by atoms with Crippen molar-refractivity contribution >= 4 is 40.9 Å². The second-order valence-corrected chi connectivity index (χ2v) is 8.10. The van der Waals surface area contributed by atoms with Crippen molar-refractivity contribution in [3.63, 3.8) is 0 Å². The third kappa shape index (κ3) is 5.11. The van der Waals surface area contributed by atoms with Gasteiger partial charge in [0, 0.05) is 17.5 Å². The van der Waals surface area contributed by atoms with E-state index in [2.05, 4.69) is 9.89 Å². The van der Waals surface area contributed by atoms with Crippen molar-refractivity contribution in [2.24, 2.45) is 5.16 Å². The smallest absolute Gasteiger partial charge is 0.435 e. The van der Waals surface area contributed by atoms with Crippen LogP contribution < -0.4 is 5.32 Å². The average Bonchev–Trinajstić information content (AvgIpc) is 3.22. The summed E-state index contributed by atoms with van der Waals surface area (Å²) in [5.74, 6) is -0.768. The number of hydrogen-bond donors (Lipinski definition) is 1. The van der Waals surface area contributed by atoms with Crippen molar-refractivity contribution in [3.8, 4) is 6.07 Å². The third-order valence-electron chi connectivity index (χ3n) is 5.04. The largest absolute Gasteiger partial charge is 0.448 e. The van der Waals surface area contributed by atoms with Crippen molar-refractivity contribution in [1.82, 2.24) is 5.32 Å². The third-order valence-corrected chi connectivity index (χ3v) is 5.78. The number of ether oxygens (including phenoxy) is 1. The Kier molecular flexibility index (Phi) is 7.38. The lowest BCUT2D eigenvalue weighted by molar-refractivity contribution is -0.275. The Labute approximate surface area is 202 Å². The van der Waals surface area contributed by atoms with Crippen LogP contribution in [-0.4, -0.2) is 30.5 Å². The average molecular weight is 514 g/mol. The molecule has 0 saturated carbocycles. The number of nitrogens with zero attached hydrogens (tertiary/aromatic N) is 2. The molecule has 7 nitrogen and oxygen atoms in total. The van der Waals surface area contributed by atoms with E-state index in [0.29, 0.717) is 11.1 Å². The van der Waals surface area contributed by atoms with E-state index in [1.54, 1.807) is 13.0 Å². The van der Waals surface area contributed by atoms with Gasteiger partial charge in [0.05, 0.1) is 28.2 Å². The molecule has 0 aromatic heterocycles. The van der Waals surface area contributed by atoms with Gasteiger partial charge in [0.25, 0.3) is 11.5 Å². The molecule has 2 aromatic rings. The predicted molar refractivity (Wildman–Crippen MR) is 117 cm³/mol. The van der Waals surface area contributed by atoms with Crippen LogP contribution >= 0.6 is 23.2 Å². The van der Waals surface area contributed by atoms with E-state index in [1.807, 2.05) is 5.32 Å². The van der Waals surface area contributed by atoms with Gasteiger partial charge in [-0.05, 0) is 42.3 Å². The van der Waals surface area contributed by atoms with Crippen molar-refractivity contribution in [2.45, 2.75) is 31.5 Å². The van der Waals surface area contributed by atoms with Crippen LogP contribution in [0, 0.1) is 18.3 Å². The van der Waals surface area contributed by atoms with Gasteiger partial charge < -0.3 is 9.57 Å². The monoisotopic (exact) mass is 513 g/mol. The van der Waals surface area contributed by atoms with E-state index < -0.39 is 30.2 Å². The summed E-state index contributed by atoms with van der Waals surface area (Å²) < 4.78 is 47.0. The Morgan fingerprint density at radius 2 is 1.97 bits per heavy atom. The minimum Gasteiger partial charge on any atom is -0.448 e. The molecule has 34 heavy (non-hydrogen) atoms. The number of benzene rings is 2. The van der Waals surface area contributed by atoms with E-state index in [9.17, 15) is 22.8 Å². The fourth-order valence-electron chi connectivity index (χ4n) is 3.29. The van der Waals surface area contributed by atoms with Crippen LogP contribution in [-0.2, 0) is 15.2 Å². The molecule has 1 N–H and O–H groups in total. The molecule has 1 aliphatic heterocycles. The molecular weight excluding hydrogens is 498 g/mol. The molecule has 0 fully saturated rings. The Morgan fingerprint density at radius 3 is 2.59 bits per heavy atom. The summed E-state index contributed by atoms with van der Waals surface area (Å²) >= 11 is 11.8. The fraction of sp³-hybridized carbons (Fsp3) is 0.273. The van der Waals surface area contributed by atoms with Gasteiger partial charge in [-0.25, -0.2) is 4.79 Å². The summed E-state index contributed by atoms with van der Waals surface area (Å²) in [4.78, 5) is 28.9. The zero-order valence-electron chi connectivity index (χ0n) is 17.5. The van der Waals surface area contributed by atoms with Gasteiger partial charge >= 0.3 is 12.3 Å². The maximum absolute atomic E-state index is 14.1. The molecule has 178 valence electrons. The molecule has 12 heteroatoms. The van der Waals surface area contributed by atoms with Crippen LogP contribution in [0.4, 0.5) is 18.0 Å². The van der Waals surface area contributed by atoms with E-state index in [4.69, 9.17) is 33.3 Å². The highest BCUT2D eigenvalue weighted by Crippen LogP contribution is 2.49. The standard InChI is InChI=1S/C22H16Cl2F3N3O4/c1-12-9-13(3-5-15(12)19(31)29-20(32)33-8-2-7-28)18-11-21(34-30-18,22(25,26)27)14-4-6-16(23)17(24)10-14/h3-6,9-10H,2,8,11H2,1H3,(H,29,31,32). The summed E-state index contributed by atoms with van der Waals surface area (Å²) in [5, 5.41) is 14.2. The van der Waals surface area contributed by atoms with Crippen molar-refractivity contribution < 1.29 is 32.3 Å². The molecule has 1 atom stereocenters. The molecule has 2 amide bonds. The van der Waals surface area contributed by atoms with Gasteiger partial charge in [-0.2, -0.15) is 18.4 Å². The van der Waals surface area contributed by atoms with Gasteiger partial charge in [-0.3, -0.25) is 10.1 Å². The lowest BCUT2D eigenvalue weighted by Gasteiger charge is -2.29. The maximum atomic E-state index is 14.1. The summed E-state index contributed by atoms with van der Waals surface area (Å²) in [6.45, 7) is 1.37. The van der Waals surface area contributed by atoms with Gasteiger partial charge in [-0.15, -0.1) is 0 Å². The van der Waals surface area contributed by atoms with Crippen LogP contribution in [0.15, 0.2) is 41.6 Å². The first-order valence-electron chi connectivity index (χ1n) is 9.72. The molecular formula is C22H16Cl2F3N3O4. The lowest BCUT2D eigenvalue weighted by Crippen LogP contribution is -2.42. The highest BCUT2D eigenvalue weighted by Gasteiger charge is 2.62. The first kappa shape index (κ1) is 25.3. The molecule has 3 rings (SSSR count). The van der Waals surface area contributed by atoms with Crippen molar-refractivity contribution in [2.75, 3.05) is 6.61 Å². The first-order chi connectivity index (χ1) is 16.0. The Balaban J connectivity index is 1.81. The minimum atomic E-state index is -4.82. The molecule has 0 saturated heterocycles. The van der Waals surface area contributed by atoms with Crippen LogP contribution in [0.5, 0.6) is 0 Å². The van der Waals surface area contributed by atoms with Crippen molar-refractivity contribution in [1.29, 1.82) is 5.26 Å². The van der Waals surface area contributed by atoms with Crippen LogP contribution in [0.1, 0.15) is 39.9 Å². The normalized spacial score (nSPS) is 17.4. The highest BCUT2D eigenvalue weighted by molar-refractivity contribution is 6.42. The summed E-state index contributed by atoms with van der Waals surface area (Å²) in [5.41, 5.74) is -2.22. The molecule has 0 aliphatic carbocycles. The van der Waals surface area contributed by atoms with Gasteiger partial charge in [0.2, 0.25) is 0 Å². The Hall–Kier alpha value is -3.29. The maximum Gasteiger partial charge on any atom is 0.435 e. The summed E-state index contributed by atoms with van der Waals surface area (Å²) in [6, 6.07) is 9.49. The van der Waals surface area contributed by atoms with E-state index in [0.717, 1.165) is 6.07 Å². The second-order valence-electron chi connectivity index (χ2n) is 7.29.